The predicted octanol–water partition coefficient (Wildman–Crippen LogP) is 1.94. The molecule has 1 N–H and O–H groups in total. The molecule has 1 fully saturated rings. The highest BCUT2D eigenvalue weighted by Crippen LogP contribution is 2.26. The fraction of sp³-hybridized carbons (Fsp3) is 0.480. The summed E-state index contributed by atoms with van der Waals surface area (Å²) in [7, 11) is 0. The lowest BCUT2D eigenvalue weighted by molar-refractivity contribution is 0.0493. The van der Waals surface area contributed by atoms with Crippen LogP contribution in [0.4, 0.5) is 5.69 Å². The summed E-state index contributed by atoms with van der Waals surface area (Å²) in [5.41, 5.74) is 5.83. The molecule has 0 bridgehead atoms. The maximum Gasteiger partial charge on any atom is 0.254 e. The number of fused-ring (bicyclic) bond motifs is 2. The Morgan fingerprint density at radius 3 is 2.52 bits per heavy atom. The molecule has 0 spiro atoms. The fourth-order valence-corrected chi connectivity index (χ4v) is 5.04. The average Bonchev–Trinajstić information content (AvgIpc) is 2.81. The second-order valence-corrected chi connectivity index (χ2v) is 8.85. The molecule has 3 aliphatic heterocycles. The van der Waals surface area contributed by atoms with Crippen molar-refractivity contribution in [3.63, 3.8) is 0 Å². The molecule has 5 rings (SSSR count). The molecular formula is C25H31N3O3. The number of nitrogens with zero attached hydrogens (tertiary/aromatic N) is 3. The highest BCUT2D eigenvalue weighted by atomic mass is 16.5. The van der Waals surface area contributed by atoms with Crippen LogP contribution in [0.25, 0.3) is 0 Å². The Morgan fingerprint density at radius 2 is 1.68 bits per heavy atom. The molecule has 0 radical (unpaired) electrons. The minimum atomic E-state index is -0.539. The minimum Gasteiger partial charge on any atom is -0.390 e. The van der Waals surface area contributed by atoms with Crippen molar-refractivity contribution in [2.45, 2.75) is 25.5 Å². The quantitative estimate of drug-likeness (QED) is 0.800. The maximum absolute atomic E-state index is 13.1. The van der Waals surface area contributed by atoms with Gasteiger partial charge in [-0.3, -0.25) is 9.69 Å². The van der Waals surface area contributed by atoms with Crippen molar-refractivity contribution in [1.29, 1.82) is 0 Å². The van der Waals surface area contributed by atoms with E-state index < -0.39 is 6.10 Å². The third kappa shape index (κ3) is 4.47. The zero-order valence-electron chi connectivity index (χ0n) is 18.0. The van der Waals surface area contributed by atoms with Crippen LogP contribution in [-0.2, 0) is 24.1 Å². The van der Waals surface area contributed by atoms with Gasteiger partial charge < -0.3 is 19.6 Å². The topological polar surface area (TPSA) is 56.3 Å². The molecule has 31 heavy (non-hydrogen) atoms. The number of ether oxygens (including phenoxy) is 1. The lowest BCUT2D eigenvalue weighted by Gasteiger charge is -2.34. The highest BCUT2D eigenvalue weighted by Gasteiger charge is 2.28. The number of anilines is 1. The molecule has 6 heteroatoms. The van der Waals surface area contributed by atoms with Crippen LogP contribution >= 0.6 is 0 Å². The summed E-state index contributed by atoms with van der Waals surface area (Å²) in [5.74, 6) is 0.0396. The fourth-order valence-electron chi connectivity index (χ4n) is 5.04. The second kappa shape index (κ2) is 8.99. The van der Waals surface area contributed by atoms with Crippen molar-refractivity contribution < 1.29 is 14.6 Å². The van der Waals surface area contributed by atoms with Crippen molar-refractivity contribution >= 4 is 11.6 Å². The number of rotatable bonds is 5. The van der Waals surface area contributed by atoms with Crippen molar-refractivity contribution in [2.24, 2.45) is 0 Å². The van der Waals surface area contributed by atoms with Gasteiger partial charge in [0.2, 0.25) is 0 Å². The number of carbonyl (C=O) groups excluding carboxylic acids is 1. The third-order valence-corrected chi connectivity index (χ3v) is 6.74. The van der Waals surface area contributed by atoms with Crippen molar-refractivity contribution in [3.8, 4) is 0 Å². The van der Waals surface area contributed by atoms with Crippen LogP contribution in [0, 0.1) is 0 Å². The number of benzene rings is 2. The zero-order chi connectivity index (χ0) is 21.2. The van der Waals surface area contributed by atoms with Gasteiger partial charge in [0.05, 0.1) is 19.3 Å². The van der Waals surface area contributed by atoms with Gasteiger partial charge >= 0.3 is 0 Å². The van der Waals surface area contributed by atoms with E-state index in [2.05, 4.69) is 40.1 Å². The van der Waals surface area contributed by atoms with Gasteiger partial charge in [0.1, 0.15) is 0 Å². The van der Waals surface area contributed by atoms with E-state index in [1.807, 2.05) is 17.0 Å². The SMILES string of the molecule is O=C1c2ccc(N3CCOCC3)cc2CCN1CC(O)CN1CCc2ccccc2C1. The largest absolute Gasteiger partial charge is 0.390 e. The van der Waals surface area contributed by atoms with E-state index in [-0.39, 0.29) is 5.91 Å². The molecule has 1 unspecified atom stereocenters. The summed E-state index contributed by atoms with van der Waals surface area (Å²) < 4.78 is 5.44. The van der Waals surface area contributed by atoms with E-state index in [0.29, 0.717) is 19.6 Å². The monoisotopic (exact) mass is 421 g/mol. The van der Waals surface area contributed by atoms with Gasteiger partial charge in [0, 0.05) is 57.1 Å². The normalized spacial score (nSPS) is 20.4. The molecule has 3 heterocycles. The van der Waals surface area contributed by atoms with Gasteiger partial charge in [0.25, 0.3) is 5.91 Å². The Balaban J connectivity index is 1.19. The first kappa shape index (κ1) is 20.5. The van der Waals surface area contributed by atoms with E-state index in [0.717, 1.165) is 63.4 Å². The lowest BCUT2D eigenvalue weighted by atomic mass is 9.97. The first-order valence-corrected chi connectivity index (χ1v) is 11.4. The minimum absolute atomic E-state index is 0.0396. The van der Waals surface area contributed by atoms with Gasteiger partial charge in [-0.05, 0) is 47.7 Å². The van der Waals surface area contributed by atoms with E-state index in [9.17, 15) is 9.90 Å². The van der Waals surface area contributed by atoms with E-state index in [1.54, 1.807) is 0 Å². The highest BCUT2D eigenvalue weighted by molar-refractivity contribution is 5.97. The Kier molecular flexibility index (Phi) is 5.94. The third-order valence-electron chi connectivity index (χ3n) is 6.74. The smallest absolute Gasteiger partial charge is 0.254 e. The molecule has 2 aromatic carbocycles. The summed E-state index contributed by atoms with van der Waals surface area (Å²) in [5, 5.41) is 10.7. The lowest BCUT2D eigenvalue weighted by Crippen LogP contribution is -2.46. The van der Waals surface area contributed by atoms with Crippen molar-refractivity contribution in [1.82, 2.24) is 9.80 Å². The molecule has 1 atom stereocenters. The van der Waals surface area contributed by atoms with Gasteiger partial charge in [-0.1, -0.05) is 24.3 Å². The molecule has 164 valence electrons. The van der Waals surface area contributed by atoms with E-state index in [4.69, 9.17) is 4.74 Å². The number of aliphatic hydroxyl groups is 1. The van der Waals surface area contributed by atoms with Crippen LogP contribution in [0.3, 0.4) is 0 Å². The van der Waals surface area contributed by atoms with Crippen LogP contribution in [0.15, 0.2) is 42.5 Å². The molecule has 6 nitrogen and oxygen atoms in total. The Labute approximate surface area is 184 Å². The van der Waals surface area contributed by atoms with Crippen LogP contribution in [0.2, 0.25) is 0 Å². The number of carbonyl (C=O) groups is 1. The van der Waals surface area contributed by atoms with Crippen LogP contribution in [-0.4, -0.2) is 79.4 Å². The van der Waals surface area contributed by atoms with Gasteiger partial charge in [0.15, 0.2) is 0 Å². The molecule has 0 aliphatic carbocycles. The summed E-state index contributed by atoms with van der Waals surface area (Å²) in [6, 6.07) is 14.7. The average molecular weight is 422 g/mol. The van der Waals surface area contributed by atoms with Crippen LogP contribution in [0.5, 0.6) is 0 Å². The Bertz CT molecular complexity index is 941. The standard InChI is InChI=1S/C25H31N3O3/c29-23(17-26-9-7-19-3-1-2-4-21(19)16-26)18-28-10-8-20-15-22(5-6-24(20)25(28)30)27-11-13-31-14-12-27/h1-6,15,23,29H,7-14,16-18H2. The molecule has 0 aromatic heterocycles. The van der Waals surface area contributed by atoms with Crippen molar-refractivity contribution in [3.05, 3.63) is 64.7 Å². The molecule has 2 aromatic rings. The predicted molar refractivity (Wildman–Crippen MR) is 121 cm³/mol. The molecule has 1 saturated heterocycles. The number of amides is 1. The summed E-state index contributed by atoms with van der Waals surface area (Å²) in [4.78, 5) is 19.5. The molecule has 0 saturated carbocycles. The Hall–Kier alpha value is -2.41. The summed E-state index contributed by atoms with van der Waals surface area (Å²) in [6.07, 6.45) is 1.32. The number of β-amino-alcohol motifs (C(OH)–C–C–N with tert-alkyl or cyclic N) is 1. The second-order valence-electron chi connectivity index (χ2n) is 8.85. The first-order chi connectivity index (χ1) is 15.2. The van der Waals surface area contributed by atoms with Gasteiger partial charge in [-0.15, -0.1) is 0 Å². The molecular weight excluding hydrogens is 390 g/mol. The number of morpholine rings is 1. The van der Waals surface area contributed by atoms with Crippen LogP contribution < -0.4 is 4.90 Å². The zero-order valence-corrected chi connectivity index (χ0v) is 18.0. The number of aliphatic hydroxyl groups excluding tert-OH is 1. The van der Waals surface area contributed by atoms with E-state index >= 15 is 0 Å². The Morgan fingerprint density at radius 1 is 0.903 bits per heavy atom. The van der Waals surface area contributed by atoms with Gasteiger partial charge in [-0.2, -0.15) is 0 Å². The van der Waals surface area contributed by atoms with Crippen LogP contribution in [0.1, 0.15) is 27.0 Å². The summed E-state index contributed by atoms with van der Waals surface area (Å²) in [6.45, 7) is 6.77. The number of hydrogen-bond acceptors (Lipinski definition) is 5. The number of hydrogen-bond donors (Lipinski definition) is 1. The first-order valence-electron chi connectivity index (χ1n) is 11.4. The molecule has 3 aliphatic rings. The van der Waals surface area contributed by atoms with E-state index in [1.165, 1.54) is 16.8 Å². The van der Waals surface area contributed by atoms with Gasteiger partial charge in [-0.25, -0.2) is 0 Å². The maximum atomic E-state index is 13.1. The van der Waals surface area contributed by atoms with Crippen molar-refractivity contribution in [2.75, 3.05) is 57.4 Å². The molecule has 1 amide bonds. The summed E-state index contributed by atoms with van der Waals surface area (Å²) >= 11 is 0.